The Labute approximate surface area is 279 Å². The van der Waals surface area contributed by atoms with Gasteiger partial charge in [-0.15, -0.1) is 5.10 Å². The maximum Gasteiger partial charge on any atom is 0.306 e. The van der Waals surface area contributed by atoms with Gasteiger partial charge in [0.25, 0.3) is 0 Å². The summed E-state index contributed by atoms with van der Waals surface area (Å²) in [7, 11) is 0. The van der Waals surface area contributed by atoms with Crippen LogP contribution in [0.5, 0.6) is 0 Å². The Morgan fingerprint density at radius 3 is 2.07 bits per heavy atom. The Balaban J connectivity index is 2.62. The van der Waals surface area contributed by atoms with E-state index < -0.39 is 23.6 Å². The van der Waals surface area contributed by atoms with Gasteiger partial charge < -0.3 is 24.4 Å². The second-order valence-electron chi connectivity index (χ2n) is 14.0. The zero-order chi connectivity index (χ0) is 34.3. The van der Waals surface area contributed by atoms with Gasteiger partial charge in [0.05, 0.1) is 31.1 Å². The van der Waals surface area contributed by atoms with Gasteiger partial charge in [-0.1, -0.05) is 96.1 Å². The predicted octanol–water partition coefficient (Wildman–Crippen LogP) is 7.26. The summed E-state index contributed by atoms with van der Waals surface area (Å²) in [5.41, 5.74) is -1.17. The number of hydrogen-bond donors (Lipinski definition) is 2. The molecule has 0 amide bonds. The molecule has 2 unspecified atom stereocenters. The molecule has 268 valence electrons. The number of esters is 1. The zero-order valence-corrected chi connectivity index (χ0v) is 30.1. The average molecular weight is 654 g/mol. The minimum absolute atomic E-state index is 0.0571. The lowest BCUT2D eigenvalue weighted by Crippen LogP contribution is -2.37. The molecular formula is C36H67N3O7. The van der Waals surface area contributed by atoms with Crippen LogP contribution in [0.2, 0.25) is 0 Å². The highest BCUT2D eigenvalue weighted by Crippen LogP contribution is 2.18. The predicted molar refractivity (Wildman–Crippen MR) is 181 cm³/mol. The summed E-state index contributed by atoms with van der Waals surface area (Å²) in [4.78, 5) is 25.5. The van der Waals surface area contributed by atoms with E-state index in [9.17, 15) is 19.8 Å². The average Bonchev–Trinajstić information content (AvgIpc) is 3.44. The van der Waals surface area contributed by atoms with Gasteiger partial charge in [0.1, 0.15) is 11.7 Å². The number of aryl methyl sites for hydroxylation is 1. The summed E-state index contributed by atoms with van der Waals surface area (Å²) in [6.07, 6.45) is 18.1. The van der Waals surface area contributed by atoms with Crippen molar-refractivity contribution in [2.24, 2.45) is 0 Å². The number of aromatic nitrogens is 3. The smallest absolute Gasteiger partial charge is 0.306 e. The van der Waals surface area contributed by atoms with Crippen LogP contribution in [-0.4, -0.2) is 73.8 Å². The first-order chi connectivity index (χ1) is 21.9. The number of hydrogen-bond acceptors (Lipinski definition) is 9. The highest BCUT2D eigenvalue weighted by molar-refractivity contribution is 5.86. The molecule has 0 aliphatic carbocycles. The number of aliphatic hydroxyl groups is 2. The molecule has 46 heavy (non-hydrogen) atoms. The molecule has 1 heterocycles. The monoisotopic (exact) mass is 653 g/mol. The van der Waals surface area contributed by atoms with E-state index in [1.807, 2.05) is 0 Å². The molecule has 2 N–H and O–H groups in total. The van der Waals surface area contributed by atoms with Crippen LogP contribution in [0.4, 0.5) is 0 Å². The summed E-state index contributed by atoms with van der Waals surface area (Å²) in [5, 5.41) is 28.8. The van der Waals surface area contributed by atoms with Crippen LogP contribution in [0.1, 0.15) is 163 Å². The van der Waals surface area contributed by atoms with Crippen molar-refractivity contribution < 1.29 is 34.0 Å². The summed E-state index contributed by atoms with van der Waals surface area (Å²) in [6, 6.07) is 0. The third kappa shape index (κ3) is 21.8. The molecule has 2 atom stereocenters. The van der Waals surface area contributed by atoms with Gasteiger partial charge in [-0.25, -0.2) is 4.68 Å². The first-order valence-corrected chi connectivity index (χ1v) is 18.1. The molecule has 10 nitrogen and oxygen atoms in total. The number of aliphatic hydroxyl groups excluding tert-OH is 1. The third-order valence-electron chi connectivity index (χ3n) is 8.24. The zero-order valence-electron chi connectivity index (χ0n) is 30.1. The molecule has 0 fully saturated rings. The van der Waals surface area contributed by atoms with E-state index in [4.69, 9.17) is 14.2 Å². The SMILES string of the molecule is CCCCCCCCCC(=O)OC(COC(O)CCCCCCCCC)Cn1cc(CCC(=O)C(C)(C)OCCC(C)(C)O)nn1. The van der Waals surface area contributed by atoms with Crippen LogP contribution in [0.3, 0.4) is 0 Å². The number of carbonyl (C=O) groups excluding carboxylic acids is 2. The number of carbonyl (C=O) groups is 2. The number of ether oxygens (including phenoxy) is 3. The summed E-state index contributed by atoms with van der Waals surface area (Å²) >= 11 is 0. The van der Waals surface area contributed by atoms with Gasteiger partial charge in [-0.3, -0.25) is 9.59 Å². The van der Waals surface area contributed by atoms with Crippen molar-refractivity contribution in [3.8, 4) is 0 Å². The number of rotatable bonds is 30. The molecule has 0 aliphatic heterocycles. The van der Waals surface area contributed by atoms with Gasteiger partial charge in [0, 0.05) is 25.5 Å². The normalized spacial score (nSPS) is 13.6. The van der Waals surface area contributed by atoms with Crippen molar-refractivity contribution in [1.82, 2.24) is 15.0 Å². The van der Waals surface area contributed by atoms with Crippen molar-refractivity contribution in [3.05, 3.63) is 11.9 Å². The summed E-state index contributed by atoms with van der Waals surface area (Å²) in [6.45, 7) is 11.9. The molecule has 0 aromatic carbocycles. The van der Waals surface area contributed by atoms with E-state index in [-0.39, 0.29) is 37.9 Å². The van der Waals surface area contributed by atoms with E-state index in [0.717, 1.165) is 32.1 Å². The second-order valence-corrected chi connectivity index (χ2v) is 14.0. The van der Waals surface area contributed by atoms with Gasteiger partial charge >= 0.3 is 5.97 Å². The molecule has 0 saturated heterocycles. The number of unbranched alkanes of at least 4 members (excludes halogenated alkanes) is 12. The fourth-order valence-corrected chi connectivity index (χ4v) is 5.10. The first-order valence-electron chi connectivity index (χ1n) is 18.1. The Hall–Kier alpha value is -1.88. The van der Waals surface area contributed by atoms with Crippen molar-refractivity contribution in [2.75, 3.05) is 13.2 Å². The molecular weight excluding hydrogens is 586 g/mol. The van der Waals surface area contributed by atoms with E-state index in [1.54, 1.807) is 38.6 Å². The van der Waals surface area contributed by atoms with Gasteiger partial charge in [0.2, 0.25) is 0 Å². The van der Waals surface area contributed by atoms with Gasteiger partial charge in [-0.05, 0) is 53.4 Å². The van der Waals surface area contributed by atoms with Gasteiger partial charge in [-0.2, -0.15) is 0 Å². The Kier molecular flexibility index (Phi) is 22.3. The lowest BCUT2D eigenvalue weighted by Gasteiger charge is -2.26. The highest BCUT2D eigenvalue weighted by Gasteiger charge is 2.29. The number of Topliss-reactive ketones (excluding diaryl/α,β-unsaturated/α-hetero) is 1. The minimum atomic E-state index is -0.969. The quantitative estimate of drug-likeness (QED) is 0.0500. The van der Waals surface area contributed by atoms with E-state index in [1.165, 1.54) is 57.8 Å². The fraction of sp³-hybridized carbons (Fsp3) is 0.889. The van der Waals surface area contributed by atoms with Crippen LogP contribution in [0.25, 0.3) is 0 Å². The molecule has 1 aromatic rings. The van der Waals surface area contributed by atoms with Crippen LogP contribution < -0.4 is 0 Å². The van der Waals surface area contributed by atoms with E-state index in [2.05, 4.69) is 24.2 Å². The molecule has 10 heteroatoms. The molecule has 0 aliphatic rings. The lowest BCUT2D eigenvalue weighted by atomic mass is 9.98. The Morgan fingerprint density at radius 1 is 0.870 bits per heavy atom. The van der Waals surface area contributed by atoms with E-state index in [0.29, 0.717) is 31.4 Å². The number of ketones is 1. The van der Waals surface area contributed by atoms with Crippen molar-refractivity contribution in [3.63, 3.8) is 0 Å². The van der Waals surface area contributed by atoms with Crippen LogP contribution >= 0.6 is 0 Å². The minimum Gasteiger partial charge on any atom is -0.458 e. The molecule has 0 saturated carbocycles. The largest absolute Gasteiger partial charge is 0.458 e. The van der Waals surface area contributed by atoms with Crippen molar-refractivity contribution >= 4 is 11.8 Å². The maximum atomic E-state index is 12.8. The standard InChI is InChI=1S/C36H67N3O7/c1-7-9-11-13-15-17-19-21-33(41)44-29-31(46-34(42)22-20-18-16-14-12-10-8-2)28-39-27-30(37-38-39)23-24-32(40)36(5,6)45-26-25-35(3,4)43/h27,31,33,41,43H,7-26,28-29H2,1-6H3. The lowest BCUT2D eigenvalue weighted by molar-refractivity contribution is -0.165. The second kappa shape index (κ2) is 24.3. The van der Waals surface area contributed by atoms with Crippen LogP contribution in [-0.2, 0) is 36.8 Å². The first kappa shape index (κ1) is 42.1. The molecule has 1 rings (SSSR count). The van der Waals surface area contributed by atoms with Crippen molar-refractivity contribution in [1.29, 1.82) is 0 Å². The molecule has 0 spiro atoms. The summed E-state index contributed by atoms with van der Waals surface area (Å²) in [5.74, 6) is -0.334. The molecule has 0 bridgehead atoms. The van der Waals surface area contributed by atoms with Crippen LogP contribution in [0.15, 0.2) is 6.20 Å². The Bertz CT molecular complexity index is 929. The fourth-order valence-electron chi connectivity index (χ4n) is 5.10. The third-order valence-corrected chi connectivity index (χ3v) is 8.24. The number of nitrogens with zero attached hydrogens (tertiary/aromatic N) is 3. The van der Waals surface area contributed by atoms with E-state index >= 15 is 0 Å². The maximum absolute atomic E-state index is 12.8. The summed E-state index contributed by atoms with van der Waals surface area (Å²) < 4.78 is 18.9. The van der Waals surface area contributed by atoms with Crippen molar-refractivity contribution in [2.45, 2.75) is 194 Å². The molecule has 0 radical (unpaired) electrons. The topological polar surface area (TPSA) is 133 Å². The highest BCUT2D eigenvalue weighted by atomic mass is 16.6. The Morgan fingerprint density at radius 2 is 1.46 bits per heavy atom. The molecule has 1 aromatic heterocycles. The van der Waals surface area contributed by atoms with Gasteiger partial charge in [0.15, 0.2) is 12.1 Å². The van der Waals surface area contributed by atoms with Crippen LogP contribution in [0, 0.1) is 0 Å².